The van der Waals surface area contributed by atoms with E-state index < -0.39 is 0 Å². The highest BCUT2D eigenvalue weighted by Gasteiger charge is 2.28. The minimum atomic E-state index is -0.183. The van der Waals surface area contributed by atoms with Gasteiger partial charge >= 0.3 is 0 Å². The Morgan fingerprint density at radius 2 is 1.81 bits per heavy atom. The monoisotopic (exact) mass is 347 g/mol. The summed E-state index contributed by atoms with van der Waals surface area (Å²) in [5.74, 6) is 0.389. The van der Waals surface area contributed by atoms with Crippen molar-refractivity contribution in [1.29, 1.82) is 0 Å². The van der Waals surface area contributed by atoms with Gasteiger partial charge in [-0.1, -0.05) is 36.4 Å². The third kappa shape index (κ3) is 3.04. The normalized spacial score (nSPS) is 16.0. The van der Waals surface area contributed by atoms with E-state index in [0.717, 1.165) is 24.8 Å². The van der Waals surface area contributed by atoms with E-state index in [9.17, 15) is 4.39 Å². The summed E-state index contributed by atoms with van der Waals surface area (Å²) in [4.78, 5) is 0. The summed E-state index contributed by atoms with van der Waals surface area (Å²) in [7, 11) is 2.00. The van der Waals surface area contributed by atoms with E-state index in [1.165, 1.54) is 17.2 Å². The molecule has 2 aromatic carbocycles. The zero-order chi connectivity index (χ0) is 14.8. The summed E-state index contributed by atoms with van der Waals surface area (Å²) >= 11 is 3.37. The van der Waals surface area contributed by atoms with Gasteiger partial charge in [0, 0.05) is 6.04 Å². The predicted octanol–water partition coefficient (Wildman–Crippen LogP) is 4.13. The van der Waals surface area contributed by atoms with Crippen LogP contribution in [0.3, 0.4) is 0 Å². The number of hydrogen-bond acceptors (Lipinski definition) is 1. The molecule has 0 spiro atoms. The maximum absolute atomic E-state index is 13.7. The number of likely N-dealkylation sites (N-methyl/N-ethyl adjacent to an activating group) is 1. The summed E-state index contributed by atoms with van der Waals surface area (Å²) in [6, 6.07) is 14.3. The van der Waals surface area contributed by atoms with Crippen LogP contribution in [0, 0.1) is 11.7 Å². The van der Waals surface area contributed by atoms with Crippen LogP contribution in [-0.4, -0.2) is 13.1 Å². The molecule has 0 heterocycles. The molecule has 0 radical (unpaired) electrons. The maximum Gasteiger partial charge on any atom is 0.137 e. The summed E-state index contributed by atoms with van der Waals surface area (Å²) in [6.07, 6.45) is 3.05. The van der Waals surface area contributed by atoms with Crippen LogP contribution < -0.4 is 5.32 Å². The molecule has 1 N–H and O–H groups in total. The Labute approximate surface area is 133 Å². The van der Waals surface area contributed by atoms with Crippen molar-refractivity contribution in [1.82, 2.24) is 5.32 Å². The van der Waals surface area contributed by atoms with Gasteiger partial charge in [0.05, 0.1) is 4.47 Å². The lowest BCUT2D eigenvalue weighted by molar-refractivity contribution is 0.382. The number of halogens is 2. The molecule has 1 atom stereocenters. The molecule has 1 aliphatic carbocycles. The zero-order valence-corrected chi connectivity index (χ0v) is 13.7. The van der Waals surface area contributed by atoms with Crippen LogP contribution in [0.1, 0.15) is 16.7 Å². The molecule has 0 fully saturated rings. The summed E-state index contributed by atoms with van der Waals surface area (Å²) in [5.41, 5.74) is 3.95. The highest BCUT2D eigenvalue weighted by Crippen LogP contribution is 2.31. The van der Waals surface area contributed by atoms with E-state index in [-0.39, 0.29) is 5.82 Å². The molecule has 0 aliphatic heterocycles. The fraction of sp³-hybridized carbons (Fsp3) is 0.333. The lowest BCUT2D eigenvalue weighted by atomic mass is 9.91. The lowest BCUT2D eigenvalue weighted by Gasteiger charge is -2.23. The highest BCUT2D eigenvalue weighted by molar-refractivity contribution is 9.10. The molecule has 3 heteroatoms. The Kier molecular flexibility index (Phi) is 4.41. The van der Waals surface area contributed by atoms with E-state index in [1.807, 2.05) is 13.1 Å². The van der Waals surface area contributed by atoms with Crippen LogP contribution in [0.2, 0.25) is 0 Å². The van der Waals surface area contributed by atoms with Gasteiger partial charge in [-0.05, 0) is 70.9 Å². The Morgan fingerprint density at radius 1 is 1.14 bits per heavy atom. The van der Waals surface area contributed by atoms with Crippen LogP contribution in [0.5, 0.6) is 0 Å². The van der Waals surface area contributed by atoms with Gasteiger partial charge in [0.2, 0.25) is 0 Å². The molecular formula is C18H19BrFN. The number of hydrogen-bond donors (Lipinski definition) is 1. The van der Waals surface area contributed by atoms with Gasteiger partial charge < -0.3 is 5.32 Å². The Bertz CT molecular complexity index is 616. The molecule has 0 aromatic heterocycles. The fourth-order valence-corrected chi connectivity index (χ4v) is 3.75. The number of nitrogens with one attached hydrogen (secondary N) is 1. The second kappa shape index (κ2) is 6.29. The number of rotatable bonds is 4. The molecule has 0 amide bonds. The van der Waals surface area contributed by atoms with Crippen molar-refractivity contribution < 1.29 is 4.39 Å². The first kappa shape index (κ1) is 14.7. The van der Waals surface area contributed by atoms with Gasteiger partial charge in [0.15, 0.2) is 0 Å². The van der Waals surface area contributed by atoms with Crippen LogP contribution in [0.25, 0.3) is 0 Å². The smallest absolute Gasteiger partial charge is 0.137 e. The van der Waals surface area contributed by atoms with Gasteiger partial charge in [-0.2, -0.15) is 0 Å². The van der Waals surface area contributed by atoms with E-state index in [0.29, 0.717) is 16.4 Å². The summed E-state index contributed by atoms with van der Waals surface area (Å²) in [5, 5.41) is 3.43. The Balaban J connectivity index is 1.77. The molecule has 1 unspecified atom stereocenters. The molecule has 3 rings (SSSR count). The van der Waals surface area contributed by atoms with E-state index in [2.05, 4.69) is 45.5 Å². The van der Waals surface area contributed by atoms with Crippen molar-refractivity contribution >= 4 is 15.9 Å². The van der Waals surface area contributed by atoms with Crippen LogP contribution in [0.4, 0.5) is 4.39 Å². The van der Waals surface area contributed by atoms with Gasteiger partial charge in [0.25, 0.3) is 0 Å². The minimum Gasteiger partial charge on any atom is -0.316 e. The van der Waals surface area contributed by atoms with Crippen molar-refractivity contribution in [2.45, 2.75) is 25.3 Å². The molecule has 1 aliphatic rings. The lowest BCUT2D eigenvalue weighted by Crippen LogP contribution is -2.36. The minimum absolute atomic E-state index is 0.183. The molecule has 0 saturated carbocycles. The molecule has 0 bridgehead atoms. The maximum atomic E-state index is 13.7. The van der Waals surface area contributed by atoms with E-state index in [1.54, 1.807) is 6.07 Å². The zero-order valence-electron chi connectivity index (χ0n) is 12.1. The van der Waals surface area contributed by atoms with Crippen molar-refractivity contribution in [2.24, 2.45) is 5.92 Å². The Morgan fingerprint density at radius 3 is 2.43 bits per heavy atom. The van der Waals surface area contributed by atoms with Gasteiger partial charge in [-0.25, -0.2) is 4.39 Å². The van der Waals surface area contributed by atoms with Gasteiger partial charge in [0.1, 0.15) is 5.82 Å². The van der Waals surface area contributed by atoms with Crippen molar-refractivity contribution in [3.63, 3.8) is 0 Å². The van der Waals surface area contributed by atoms with Crippen LogP contribution in [0.15, 0.2) is 46.9 Å². The first-order valence-corrected chi connectivity index (χ1v) is 8.15. The molecule has 1 nitrogen and oxygen atoms in total. The average Bonchev–Trinajstić information content (AvgIpc) is 2.92. The first-order valence-electron chi connectivity index (χ1n) is 7.36. The van der Waals surface area contributed by atoms with E-state index in [4.69, 9.17) is 0 Å². The van der Waals surface area contributed by atoms with Crippen molar-refractivity contribution in [3.05, 3.63) is 69.4 Å². The van der Waals surface area contributed by atoms with Crippen molar-refractivity contribution in [2.75, 3.05) is 7.05 Å². The second-order valence-electron chi connectivity index (χ2n) is 5.75. The van der Waals surface area contributed by atoms with Crippen molar-refractivity contribution in [3.8, 4) is 0 Å². The second-order valence-corrected chi connectivity index (χ2v) is 6.54. The molecule has 21 heavy (non-hydrogen) atoms. The standard InChI is InChI=1S/C18H19BrFN/c1-21-17(11-14-7-4-8-16(20)18(14)19)15-9-12-5-2-3-6-13(12)10-15/h2-8,15,17,21H,9-11H2,1H3. The highest BCUT2D eigenvalue weighted by atomic mass is 79.9. The van der Waals surface area contributed by atoms with Crippen LogP contribution >= 0.6 is 15.9 Å². The SMILES string of the molecule is CNC(Cc1cccc(F)c1Br)C1Cc2ccccc2C1. The third-order valence-corrected chi connectivity index (χ3v) is 5.38. The molecule has 110 valence electrons. The molecular weight excluding hydrogens is 329 g/mol. The van der Waals surface area contributed by atoms with Gasteiger partial charge in [-0.15, -0.1) is 0 Å². The Hall–Kier alpha value is -1.19. The first-order chi connectivity index (χ1) is 10.2. The molecule has 2 aromatic rings. The largest absolute Gasteiger partial charge is 0.316 e. The molecule has 0 saturated heterocycles. The quantitative estimate of drug-likeness (QED) is 0.876. The summed E-state index contributed by atoms with van der Waals surface area (Å²) in [6.45, 7) is 0. The number of benzene rings is 2. The predicted molar refractivity (Wildman–Crippen MR) is 88.0 cm³/mol. The van der Waals surface area contributed by atoms with E-state index >= 15 is 0 Å². The third-order valence-electron chi connectivity index (χ3n) is 4.49. The van der Waals surface area contributed by atoms with Crippen LogP contribution in [-0.2, 0) is 19.3 Å². The average molecular weight is 348 g/mol. The summed E-state index contributed by atoms with van der Waals surface area (Å²) < 4.78 is 14.3. The number of fused-ring (bicyclic) bond motifs is 1. The fourth-order valence-electron chi connectivity index (χ4n) is 3.32. The topological polar surface area (TPSA) is 12.0 Å². The van der Waals surface area contributed by atoms with Gasteiger partial charge in [-0.3, -0.25) is 0 Å².